The Morgan fingerprint density at radius 3 is 2.77 bits per heavy atom. The highest BCUT2D eigenvalue weighted by atomic mass is 16.3. The van der Waals surface area contributed by atoms with Crippen LogP contribution >= 0.6 is 0 Å². The fraction of sp³-hybridized carbons (Fsp3) is 0.0667. The highest BCUT2D eigenvalue weighted by Crippen LogP contribution is 2.36. The van der Waals surface area contributed by atoms with Gasteiger partial charge in [-0.25, -0.2) is 0 Å². The Morgan fingerprint density at radius 1 is 1.18 bits per heavy atom. The molecule has 3 heterocycles. The number of carbonyl (C=O) groups excluding carboxylic acids is 1. The highest BCUT2D eigenvalue weighted by molar-refractivity contribution is 6.09. The number of nitrogens with zero attached hydrogens (tertiary/aromatic N) is 1. The largest absolute Gasteiger partial charge is 0.492 e. The van der Waals surface area contributed by atoms with Crippen LogP contribution in [0, 0.1) is 0 Å². The Hall–Kier alpha value is -3.22. The number of aromatic amines is 2. The van der Waals surface area contributed by atoms with Gasteiger partial charge in [0.1, 0.15) is 11.4 Å². The molecule has 1 aromatic carbocycles. The predicted molar refractivity (Wildman–Crippen MR) is 82.4 cm³/mol. The molecule has 3 aromatic rings. The maximum absolute atomic E-state index is 12.3. The van der Waals surface area contributed by atoms with Gasteiger partial charge in [0.25, 0.3) is 5.91 Å². The summed E-state index contributed by atoms with van der Waals surface area (Å²) in [7, 11) is 0. The van der Waals surface area contributed by atoms with Gasteiger partial charge >= 0.3 is 0 Å². The molecule has 6 N–H and O–H groups in total. The number of nitrogens with two attached hydrogens (primary N) is 1. The van der Waals surface area contributed by atoms with Crippen molar-refractivity contribution in [2.45, 2.75) is 0 Å². The third-order valence-corrected chi connectivity index (χ3v) is 3.74. The third kappa shape index (κ3) is 1.69. The second-order valence-corrected chi connectivity index (χ2v) is 5.07. The zero-order valence-corrected chi connectivity index (χ0v) is 11.5. The molecule has 0 aliphatic carbocycles. The van der Waals surface area contributed by atoms with E-state index < -0.39 is 0 Å². The molecule has 22 heavy (non-hydrogen) atoms. The number of H-pyrrole nitrogens is 2. The summed E-state index contributed by atoms with van der Waals surface area (Å²) >= 11 is 0. The van der Waals surface area contributed by atoms with E-state index in [0.29, 0.717) is 23.5 Å². The van der Waals surface area contributed by atoms with Crippen LogP contribution in [0.1, 0.15) is 21.7 Å². The number of aromatic nitrogens is 3. The Balaban J connectivity index is 2.06. The fourth-order valence-electron chi connectivity index (χ4n) is 2.83. The Morgan fingerprint density at radius 2 is 2.00 bits per heavy atom. The Kier molecular flexibility index (Phi) is 2.50. The van der Waals surface area contributed by atoms with Crippen LogP contribution in [0.5, 0.6) is 5.88 Å². The SMILES string of the molecule is Nc1nc(O)c(C2=CCNC(=O)c3[nH]c4ccccc4c32)[nH]1. The lowest BCUT2D eigenvalue weighted by atomic mass is 9.99. The van der Waals surface area contributed by atoms with Gasteiger partial charge in [-0.3, -0.25) is 4.79 Å². The first-order valence-electron chi connectivity index (χ1n) is 6.79. The predicted octanol–water partition coefficient (Wildman–Crippen LogP) is 1.35. The number of rotatable bonds is 1. The molecule has 0 unspecified atom stereocenters. The van der Waals surface area contributed by atoms with Crippen molar-refractivity contribution >= 4 is 28.3 Å². The summed E-state index contributed by atoms with van der Waals surface area (Å²) in [4.78, 5) is 22.0. The summed E-state index contributed by atoms with van der Waals surface area (Å²) in [5.74, 6) is -0.253. The van der Waals surface area contributed by atoms with E-state index in [9.17, 15) is 9.90 Å². The molecular formula is C15H13N5O2. The van der Waals surface area contributed by atoms with Crippen LogP contribution in [0.25, 0.3) is 16.5 Å². The van der Waals surface area contributed by atoms with E-state index in [0.717, 1.165) is 16.5 Å². The van der Waals surface area contributed by atoms with Gasteiger partial charge in [-0.2, -0.15) is 4.98 Å². The highest BCUT2D eigenvalue weighted by Gasteiger charge is 2.26. The zero-order chi connectivity index (χ0) is 15.3. The Labute approximate surface area is 124 Å². The van der Waals surface area contributed by atoms with Gasteiger partial charge in [-0.1, -0.05) is 24.3 Å². The van der Waals surface area contributed by atoms with Crippen molar-refractivity contribution in [3.8, 4) is 5.88 Å². The van der Waals surface area contributed by atoms with E-state index in [1.54, 1.807) is 0 Å². The smallest absolute Gasteiger partial charge is 0.268 e. The number of carbonyl (C=O) groups is 1. The number of nitrogen functional groups attached to an aromatic ring is 1. The van der Waals surface area contributed by atoms with Crippen molar-refractivity contribution in [1.29, 1.82) is 0 Å². The van der Waals surface area contributed by atoms with E-state index in [4.69, 9.17) is 5.73 Å². The molecule has 0 atom stereocenters. The molecule has 1 aliphatic rings. The van der Waals surface area contributed by atoms with Crippen molar-refractivity contribution in [1.82, 2.24) is 20.3 Å². The number of imidazole rings is 1. The lowest BCUT2D eigenvalue weighted by Crippen LogP contribution is -2.22. The van der Waals surface area contributed by atoms with Gasteiger partial charge in [0.05, 0.1) is 0 Å². The topological polar surface area (TPSA) is 120 Å². The minimum Gasteiger partial charge on any atom is -0.492 e. The lowest BCUT2D eigenvalue weighted by molar-refractivity contribution is 0.0954. The first-order valence-corrected chi connectivity index (χ1v) is 6.79. The molecule has 4 rings (SSSR count). The van der Waals surface area contributed by atoms with Gasteiger partial charge in [-0.05, 0) is 6.07 Å². The second kappa shape index (κ2) is 4.39. The number of fused-ring (bicyclic) bond motifs is 3. The van der Waals surface area contributed by atoms with E-state index >= 15 is 0 Å². The van der Waals surface area contributed by atoms with Crippen molar-refractivity contribution in [2.24, 2.45) is 0 Å². The van der Waals surface area contributed by atoms with Gasteiger partial charge in [0.2, 0.25) is 11.8 Å². The molecule has 0 fully saturated rings. The van der Waals surface area contributed by atoms with E-state index in [-0.39, 0.29) is 17.7 Å². The van der Waals surface area contributed by atoms with Gasteiger partial charge in [0, 0.05) is 28.6 Å². The van der Waals surface area contributed by atoms with Gasteiger partial charge in [0.15, 0.2) is 0 Å². The first kappa shape index (κ1) is 12.5. The first-order chi connectivity index (χ1) is 10.6. The fourth-order valence-corrected chi connectivity index (χ4v) is 2.83. The van der Waals surface area contributed by atoms with Crippen molar-refractivity contribution in [3.63, 3.8) is 0 Å². The summed E-state index contributed by atoms with van der Waals surface area (Å²) in [6, 6.07) is 7.62. The molecule has 0 saturated heterocycles. The number of hydrogen-bond acceptors (Lipinski definition) is 4. The monoisotopic (exact) mass is 295 g/mol. The summed E-state index contributed by atoms with van der Waals surface area (Å²) in [5.41, 5.74) is 8.74. The molecule has 0 bridgehead atoms. The molecule has 2 aromatic heterocycles. The maximum atomic E-state index is 12.3. The minimum atomic E-state index is -0.190. The molecular weight excluding hydrogens is 282 g/mol. The number of amides is 1. The van der Waals surface area contributed by atoms with Crippen LogP contribution < -0.4 is 11.1 Å². The molecule has 0 saturated carbocycles. The molecule has 1 amide bonds. The summed E-state index contributed by atoms with van der Waals surface area (Å²) in [5, 5.41) is 13.7. The number of benzene rings is 1. The van der Waals surface area contributed by atoms with Crippen molar-refractivity contribution in [2.75, 3.05) is 12.3 Å². The molecule has 0 spiro atoms. The Bertz CT molecular complexity index is 935. The minimum absolute atomic E-state index is 0.123. The van der Waals surface area contributed by atoms with Gasteiger partial charge < -0.3 is 26.1 Å². The van der Waals surface area contributed by atoms with Crippen LogP contribution in [-0.4, -0.2) is 32.5 Å². The maximum Gasteiger partial charge on any atom is 0.268 e. The standard InChI is InChI=1S/C15H13N5O2/c16-15-19-11(14(22)20-15)8-5-6-17-13(21)12-10(8)7-3-1-2-4-9(7)18-12/h1-5,18,22H,6H2,(H,17,21)(H3,16,19,20). The van der Waals surface area contributed by atoms with Crippen molar-refractivity contribution in [3.05, 3.63) is 47.3 Å². The number of anilines is 1. The normalized spacial score (nSPS) is 14.4. The lowest BCUT2D eigenvalue weighted by Gasteiger charge is -2.05. The van der Waals surface area contributed by atoms with Crippen LogP contribution in [0.3, 0.4) is 0 Å². The summed E-state index contributed by atoms with van der Waals surface area (Å²) < 4.78 is 0. The number of hydrogen-bond donors (Lipinski definition) is 5. The third-order valence-electron chi connectivity index (χ3n) is 3.74. The van der Waals surface area contributed by atoms with E-state index in [1.807, 2.05) is 30.3 Å². The molecule has 7 heteroatoms. The number of para-hydroxylation sites is 1. The van der Waals surface area contributed by atoms with E-state index in [1.165, 1.54) is 0 Å². The van der Waals surface area contributed by atoms with E-state index in [2.05, 4.69) is 20.3 Å². The average Bonchev–Trinajstić information content (AvgIpc) is 2.99. The van der Waals surface area contributed by atoms with Crippen LogP contribution in [-0.2, 0) is 0 Å². The molecule has 110 valence electrons. The zero-order valence-electron chi connectivity index (χ0n) is 11.5. The average molecular weight is 295 g/mol. The number of aromatic hydroxyl groups is 1. The quantitative estimate of drug-likeness (QED) is 0.465. The van der Waals surface area contributed by atoms with Crippen LogP contribution in [0.4, 0.5) is 5.95 Å². The summed E-state index contributed by atoms with van der Waals surface area (Å²) in [6.07, 6.45) is 1.83. The van der Waals surface area contributed by atoms with Crippen LogP contribution in [0.15, 0.2) is 30.3 Å². The van der Waals surface area contributed by atoms with Crippen LogP contribution in [0.2, 0.25) is 0 Å². The number of nitrogens with one attached hydrogen (secondary N) is 3. The van der Waals surface area contributed by atoms with Crippen molar-refractivity contribution < 1.29 is 9.90 Å². The second-order valence-electron chi connectivity index (χ2n) is 5.07. The molecule has 7 nitrogen and oxygen atoms in total. The molecule has 1 aliphatic heterocycles. The van der Waals surface area contributed by atoms with Gasteiger partial charge in [-0.15, -0.1) is 0 Å². The summed E-state index contributed by atoms with van der Waals surface area (Å²) in [6.45, 7) is 0.351. The molecule has 0 radical (unpaired) electrons.